The Balaban J connectivity index is 2.08. The Hall–Kier alpha value is -2.08. The summed E-state index contributed by atoms with van der Waals surface area (Å²) in [6.45, 7) is 7.76. The molecular formula is C23H23. The summed E-state index contributed by atoms with van der Waals surface area (Å²) in [4.78, 5) is 0. The first-order valence-electron chi connectivity index (χ1n) is 8.49. The highest BCUT2D eigenvalue weighted by atomic mass is 14.4. The normalized spacial score (nSPS) is 14.1. The van der Waals surface area contributed by atoms with Gasteiger partial charge in [0, 0.05) is 5.41 Å². The number of allylic oxidation sites excluding steroid dienone is 2. The van der Waals surface area contributed by atoms with E-state index in [9.17, 15) is 0 Å². The Morgan fingerprint density at radius 3 is 2.35 bits per heavy atom. The molecule has 115 valence electrons. The van der Waals surface area contributed by atoms with E-state index < -0.39 is 0 Å². The first-order valence-corrected chi connectivity index (χ1v) is 8.49. The molecule has 2 aromatic carbocycles. The van der Waals surface area contributed by atoms with E-state index in [2.05, 4.69) is 49.6 Å². The monoisotopic (exact) mass is 299 g/mol. The topological polar surface area (TPSA) is 0 Å². The lowest BCUT2D eigenvalue weighted by atomic mass is 9.71. The summed E-state index contributed by atoms with van der Waals surface area (Å²) < 4.78 is 0. The van der Waals surface area contributed by atoms with E-state index in [-0.39, 0.29) is 5.41 Å². The van der Waals surface area contributed by atoms with Gasteiger partial charge in [-0.15, -0.1) is 13.2 Å². The van der Waals surface area contributed by atoms with Gasteiger partial charge in [0.2, 0.25) is 0 Å². The smallest absolute Gasteiger partial charge is 0.0222 e. The van der Waals surface area contributed by atoms with Gasteiger partial charge < -0.3 is 0 Å². The van der Waals surface area contributed by atoms with Crippen LogP contribution in [0, 0.1) is 18.2 Å². The molecule has 0 heterocycles. The summed E-state index contributed by atoms with van der Waals surface area (Å²) in [5.41, 5.74) is 5.46. The fourth-order valence-corrected chi connectivity index (χ4v) is 3.93. The van der Waals surface area contributed by atoms with Crippen LogP contribution < -0.4 is 0 Å². The van der Waals surface area contributed by atoms with Gasteiger partial charge in [0.15, 0.2) is 0 Å². The number of hydrogen-bond acceptors (Lipinski definition) is 0. The van der Waals surface area contributed by atoms with Crippen LogP contribution in [0.2, 0.25) is 0 Å². The van der Waals surface area contributed by atoms with E-state index >= 15 is 0 Å². The largest absolute Gasteiger partial charge is 0.103 e. The Bertz CT molecular complexity index is 631. The first kappa shape index (κ1) is 15.8. The molecule has 0 nitrogen and oxygen atoms in total. The zero-order valence-electron chi connectivity index (χ0n) is 13.7. The van der Waals surface area contributed by atoms with E-state index in [1.807, 2.05) is 24.3 Å². The lowest BCUT2D eigenvalue weighted by Crippen LogP contribution is -2.25. The fraction of sp³-hybridized carbons (Fsp3) is 0.304. The molecule has 0 N–H and O–H groups in total. The van der Waals surface area contributed by atoms with Crippen LogP contribution in [-0.2, 0) is 5.41 Å². The SMILES string of the molecule is C=CCCCC1(CCCC=C)c2[c][c]ccc2-c2cc[c]cc21. The quantitative estimate of drug-likeness (QED) is 0.410. The highest BCUT2D eigenvalue weighted by Crippen LogP contribution is 2.53. The molecule has 0 saturated heterocycles. The molecule has 0 unspecified atom stereocenters. The standard InChI is InChI=1S/C23H23/c1-3-5-11-17-23(18-12-6-4-2)21-15-9-7-13-19(21)20-14-8-10-16-22(20)23/h3-4,7-8,13-15H,1-2,5-6,11-12,17-18H2. The summed E-state index contributed by atoms with van der Waals surface area (Å²) in [5.74, 6) is 0. The predicted octanol–water partition coefficient (Wildman–Crippen LogP) is 6.07. The van der Waals surface area contributed by atoms with E-state index in [0.717, 1.165) is 38.5 Å². The summed E-state index contributed by atoms with van der Waals surface area (Å²) in [7, 11) is 0. The van der Waals surface area contributed by atoms with Crippen molar-refractivity contribution in [2.24, 2.45) is 0 Å². The highest BCUT2D eigenvalue weighted by Gasteiger charge is 2.41. The maximum atomic E-state index is 3.88. The van der Waals surface area contributed by atoms with Gasteiger partial charge in [-0.3, -0.25) is 0 Å². The second kappa shape index (κ2) is 7.00. The van der Waals surface area contributed by atoms with Gasteiger partial charge in [-0.2, -0.15) is 0 Å². The molecule has 0 fully saturated rings. The lowest BCUT2D eigenvalue weighted by molar-refractivity contribution is 0.421. The fourth-order valence-electron chi connectivity index (χ4n) is 3.93. The van der Waals surface area contributed by atoms with Crippen LogP contribution in [0.15, 0.2) is 55.6 Å². The second-order valence-electron chi connectivity index (χ2n) is 6.31. The van der Waals surface area contributed by atoms with E-state index in [1.165, 1.54) is 22.3 Å². The van der Waals surface area contributed by atoms with Crippen LogP contribution in [0.1, 0.15) is 49.7 Å². The van der Waals surface area contributed by atoms with Gasteiger partial charge >= 0.3 is 0 Å². The van der Waals surface area contributed by atoms with E-state index in [4.69, 9.17) is 0 Å². The number of unbranched alkanes of at least 4 members (excludes halogenated alkanes) is 2. The third kappa shape index (κ3) is 2.79. The third-order valence-electron chi connectivity index (χ3n) is 4.97. The second-order valence-corrected chi connectivity index (χ2v) is 6.31. The Morgan fingerprint density at radius 2 is 1.65 bits per heavy atom. The van der Waals surface area contributed by atoms with Crippen LogP contribution in [0.5, 0.6) is 0 Å². The van der Waals surface area contributed by atoms with Crippen molar-refractivity contribution in [1.29, 1.82) is 0 Å². The van der Waals surface area contributed by atoms with Crippen molar-refractivity contribution >= 4 is 0 Å². The summed E-state index contributed by atoms with van der Waals surface area (Å²) >= 11 is 0. The minimum atomic E-state index is 0.0478. The number of fused-ring (bicyclic) bond motifs is 3. The lowest BCUT2D eigenvalue weighted by Gasteiger charge is -2.32. The number of benzene rings is 2. The molecule has 0 heteroatoms. The zero-order chi connectivity index (χ0) is 16.1. The molecule has 0 aliphatic heterocycles. The molecule has 3 radical (unpaired) electrons. The maximum Gasteiger partial charge on any atom is 0.0222 e. The maximum absolute atomic E-state index is 3.88. The van der Waals surface area contributed by atoms with Gasteiger partial charge in [0.25, 0.3) is 0 Å². The van der Waals surface area contributed by atoms with Crippen molar-refractivity contribution in [3.63, 3.8) is 0 Å². The molecular weight excluding hydrogens is 276 g/mol. The van der Waals surface area contributed by atoms with Gasteiger partial charge in [-0.1, -0.05) is 36.4 Å². The molecule has 1 aliphatic rings. The molecule has 23 heavy (non-hydrogen) atoms. The summed E-state index contributed by atoms with van der Waals surface area (Å²) in [5, 5.41) is 0. The molecule has 0 saturated carbocycles. The Morgan fingerprint density at radius 1 is 0.957 bits per heavy atom. The van der Waals surface area contributed by atoms with Crippen molar-refractivity contribution in [2.45, 2.75) is 43.9 Å². The van der Waals surface area contributed by atoms with Crippen LogP contribution in [-0.4, -0.2) is 0 Å². The van der Waals surface area contributed by atoms with Crippen molar-refractivity contribution in [3.8, 4) is 11.1 Å². The van der Waals surface area contributed by atoms with Gasteiger partial charge in [0.05, 0.1) is 0 Å². The molecule has 0 aromatic heterocycles. The Kier molecular flexibility index (Phi) is 4.81. The van der Waals surface area contributed by atoms with E-state index in [0.29, 0.717) is 0 Å². The zero-order valence-corrected chi connectivity index (χ0v) is 13.7. The first-order chi connectivity index (χ1) is 11.3. The molecule has 3 rings (SSSR count). The van der Waals surface area contributed by atoms with Crippen molar-refractivity contribution < 1.29 is 0 Å². The van der Waals surface area contributed by atoms with Crippen molar-refractivity contribution in [2.75, 3.05) is 0 Å². The van der Waals surface area contributed by atoms with Crippen molar-refractivity contribution in [3.05, 3.63) is 85.0 Å². The summed E-state index contributed by atoms with van der Waals surface area (Å²) in [6.07, 6.45) is 10.7. The highest BCUT2D eigenvalue weighted by molar-refractivity contribution is 5.80. The predicted molar refractivity (Wildman–Crippen MR) is 97.3 cm³/mol. The molecule has 0 spiro atoms. The van der Waals surface area contributed by atoms with E-state index in [1.54, 1.807) is 0 Å². The van der Waals surface area contributed by atoms with Crippen LogP contribution in [0.3, 0.4) is 0 Å². The van der Waals surface area contributed by atoms with Gasteiger partial charge in [-0.05, 0) is 85.0 Å². The average Bonchev–Trinajstić information content (AvgIpc) is 2.87. The third-order valence-corrected chi connectivity index (χ3v) is 4.97. The minimum absolute atomic E-state index is 0.0478. The number of hydrogen-bond donors (Lipinski definition) is 0. The number of rotatable bonds is 8. The molecule has 0 bridgehead atoms. The van der Waals surface area contributed by atoms with Gasteiger partial charge in [-0.25, -0.2) is 0 Å². The molecule has 0 amide bonds. The average molecular weight is 299 g/mol. The van der Waals surface area contributed by atoms with Crippen LogP contribution >= 0.6 is 0 Å². The van der Waals surface area contributed by atoms with Crippen molar-refractivity contribution in [1.82, 2.24) is 0 Å². The van der Waals surface area contributed by atoms with Crippen LogP contribution in [0.25, 0.3) is 11.1 Å². The Labute approximate surface area is 140 Å². The molecule has 2 aromatic rings. The van der Waals surface area contributed by atoms with Crippen LogP contribution in [0.4, 0.5) is 0 Å². The minimum Gasteiger partial charge on any atom is -0.103 e. The molecule has 1 aliphatic carbocycles. The molecule has 0 atom stereocenters. The summed E-state index contributed by atoms with van der Waals surface area (Å²) in [6, 6.07) is 20.5. The van der Waals surface area contributed by atoms with Gasteiger partial charge in [0.1, 0.15) is 0 Å².